The fraction of sp³-hybridized carbons (Fsp3) is 0.647. The maximum atomic E-state index is 5.99. The van der Waals surface area contributed by atoms with Crippen molar-refractivity contribution in [2.75, 3.05) is 33.0 Å². The van der Waals surface area contributed by atoms with E-state index < -0.39 is 0 Å². The largest absolute Gasteiger partial charge is 0.380 e. The Balaban J connectivity index is 1.46. The summed E-state index contributed by atoms with van der Waals surface area (Å²) >= 11 is 0. The molecule has 0 aliphatic carbocycles. The van der Waals surface area contributed by atoms with Crippen molar-refractivity contribution in [3.8, 4) is 0 Å². The van der Waals surface area contributed by atoms with Crippen LogP contribution in [-0.4, -0.2) is 39.3 Å². The summed E-state index contributed by atoms with van der Waals surface area (Å²) < 4.78 is 22.8. The lowest BCUT2D eigenvalue weighted by Gasteiger charge is -2.40. The van der Waals surface area contributed by atoms with Crippen LogP contribution < -0.4 is 0 Å². The van der Waals surface area contributed by atoms with Crippen molar-refractivity contribution >= 4 is 0 Å². The summed E-state index contributed by atoms with van der Waals surface area (Å²) in [5.41, 5.74) is 1.43. The quantitative estimate of drug-likeness (QED) is 0.808. The van der Waals surface area contributed by atoms with Gasteiger partial charge in [-0.05, 0) is 12.0 Å². The lowest BCUT2D eigenvalue weighted by Crippen LogP contribution is -2.46. The molecule has 0 aromatic heterocycles. The molecule has 116 valence electrons. The molecule has 4 nitrogen and oxygen atoms in total. The maximum Gasteiger partial charge on any atom is 0.181 e. The topological polar surface area (TPSA) is 36.9 Å². The Morgan fingerprint density at radius 3 is 2.71 bits per heavy atom. The normalized spacial score (nSPS) is 28.0. The summed E-state index contributed by atoms with van der Waals surface area (Å²) in [6.45, 7) is 5.74. The third-order valence-corrected chi connectivity index (χ3v) is 4.40. The molecule has 2 saturated heterocycles. The SMILES string of the molecule is CCC1(COCC2OCCC(c3ccccc3)O2)COC1. The van der Waals surface area contributed by atoms with Crippen LogP contribution in [0.4, 0.5) is 0 Å². The van der Waals surface area contributed by atoms with E-state index in [0.29, 0.717) is 6.61 Å². The third kappa shape index (κ3) is 3.64. The number of benzene rings is 1. The first-order chi connectivity index (χ1) is 10.3. The van der Waals surface area contributed by atoms with Gasteiger partial charge in [0.15, 0.2) is 6.29 Å². The van der Waals surface area contributed by atoms with E-state index in [2.05, 4.69) is 19.1 Å². The first-order valence-electron chi connectivity index (χ1n) is 7.79. The summed E-state index contributed by atoms with van der Waals surface area (Å²) in [7, 11) is 0. The fourth-order valence-corrected chi connectivity index (χ4v) is 2.75. The van der Waals surface area contributed by atoms with Crippen molar-refractivity contribution in [1.29, 1.82) is 0 Å². The van der Waals surface area contributed by atoms with Crippen LogP contribution in [-0.2, 0) is 18.9 Å². The zero-order valence-corrected chi connectivity index (χ0v) is 12.6. The van der Waals surface area contributed by atoms with E-state index in [9.17, 15) is 0 Å². The van der Waals surface area contributed by atoms with Crippen LogP contribution in [0.5, 0.6) is 0 Å². The molecule has 0 saturated carbocycles. The molecule has 2 fully saturated rings. The number of hydrogen-bond acceptors (Lipinski definition) is 4. The van der Waals surface area contributed by atoms with Gasteiger partial charge in [-0.25, -0.2) is 0 Å². The second kappa shape index (κ2) is 6.88. The standard InChI is InChI=1S/C17H24O4/c1-2-17(12-19-13-17)11-18-10-16-20-9-8-15(21-16)14-6-4-3-5-7-14/h3-7,15-16H,2,8-13H2,1H3. The molecule has 1 aromatic rings. The van der Waals surface area contributed by atoms with Gasteiger partial charge in [-0.1, -0.05) is 37.3 Å². The smallest absolute Gasteiger partial charge is 0.181 e. The monoisotopic (exact) mass is 292 g/mol. The second-order valence-electron chi connectivity index (χ2n) is 5.99. The van der Waals surface area contributed by atoms with Crippen molar-refractivity contribution in [2.24, 2.45) is 5.41 Å². The highest BCUT2D eigenvalue weighted by Gasteiger charge is 2.37. The lowest BCUT2D eigenvalue weighted by molar-refractivity contribution is -0.243. The van der Waals surface area contributed by atoms with Gasteiger partial charge in [-0.15, -0.1) is 0 Å². The summed E-state index contributed by atoms with van der Waals surface area (Å²) in [4.78, 5) is 0. The molecule has 0 bridgehead atoms. The molecule has 0 N–H and O–H groups in total. The Bertz CT molecular complexity index is 424. The molecular weight excluding hydrogens is 268 g/mol. The van der Waals surface area contributed by atoms with Crippen LogP contribution in [0.25, 0.3) is 0 Å². The minimum Gasteiger partial charge on any atom is -0.380 e. The predicted octanol–water partition coefficient (Wildman–Crippen LogP) is 2.93. The first-order valence-corrected chi connectivity index (χ1v) is 7.79. The summed E-state index contributed by atoms with van der Waals surface area (Å²) in [5.74, 6) is 0. The minimum atomic E-state index is -0.265. The number of rotatable bonds is 6. The van der Waals surface area contributed by atoms with Gasteiger partial charge in [-0.3, -0.25) is 0 Å². The van der Waals surface area contributed by atoms with Crippen molar-refractivity contribution in [2.45, 2.75) is 32.2 Å². The highest BCUT2D eigenvalue weighted by molar-refractivity contribution is 5.17. The number of ether oxygens (including phenoxy) is 4. The molecule has 0 radical (unpaired) electrons. The minimum absolute atomic E-state index is 0.112. The molecule has 0 amide bonds. The van der Waals surface area contributed by atoms with Gasteiger partial charge in [-0.2, -0.15) is 0 Å². The van der Waals surface area contributed by atoms with Crippen LogP contribution in [0.15, 0.2) is 30.3 Å². The van der Waals surface area contributed by atoms with E-state index >= 15 is 0 Å². The maximum absolute atomic E-state index is 5.99. The van der Waals surface area contributed by atoms with Crippen LogP contribution >= 0.6 is 0 Å². The average molecular weight is 292 g/mol. The van der Waals surface area contributed by atoms with Gasteiger partial charge in [0.25, 0.3) is 0 Å². The Morgan fingerprint density at radius 1 is 1.24 bits per heavy atom. The zero-order chi connectivity index (χ0) is 14.5. The third-order valence-electron chi connectivity index (χ3n) is 4.40. The Kier molecular flexibility index (Phi) is 4.91. The number of hydrogen-bond donors (Lipinski definition) is 0. The van der Waals surface area contributed by atoms with E-state index in [1.165, 1.54) is 5.56 Å². The second-order valence-corrected chi connectivity index (χ2v) is 5.99. The van der Waals surface area contributed by atoms with Crippen LogP contribution in [0.2, 0.25) is 0 Å². The van der Waals surface area contributed by atoms with Crippen LogP contribution in [0.3, 0.4) is 0 Å². The molecule has 1 aromatic carbocycles. The van der Waals surface area contributed by atoms with Crippen molar-refractivity contribution in [1.82, 2.24) is 0 Å². The van der Waals surface area contributed by atoms with Crippen LogP contribution in [0.1, 0.15) is 31.4 Å². The predicted molar refractivity (Wildman–Crippen MR) is 79.0 cm³/mol. The van der Waals surface area contributed by atoms with Gasteiger partial charge in [0, 0.05) is 11.8 Å². The van der Waals surface area contributed by atoms with E-state index in [-0.39, 0.29) is 17.8 Å². The molecule has 4 heteroatoms. The van der Waals surface area contributed by atoms with Crippen molar-refractivity contribution in [3.05, 3.63) is 35.9 Å². The Hall–Kier alpha value is -0.940. The first kappa shape index (κ1) is 15.0. The molecule has 2 unspecified atom stereocenters. The molecule has 2 atom stereocenters. The van der Waals surface area contributed by atoms with Gasteiger partial charge in [0.1, 0.15) is 0 Å². The van der Waals surface area contributed by atoms with E-state index in [4.69, 9.17) is 18.9 Å². The van der Waals surface area contributed by atoms with Gasteiger partial charge >= 0.3 is 0 Å². The molecule has 0 spiro atoms. The van der Waals surface area contributed by atoms with Gasteiger partial charge in [0.05, 0.1) is 39.1 Å². The molecule has 21 heavy (non-hydrogen) atoms. The van der Waals surface area contributed by atoms with Gasteiger partial charge < -0.3 is 18.9 Å². The Labute approximate surface area is 126 Å². The zero-order valence-electron chi connectivity index (χ0n) is 12.6. The van der Waals surface area contributed by atoms with Crippen molar-refractivity contribution < 1.29 is 18.9 Å². The van der Waals surface area contributed by atoms with Crippen molar-refractivity contribution in [3.63, 3.8) is 0 Å². The Morgan fingerprint density at radius 2 is 2.05 bits per heavy atom. The molecular formula is C17H24O4. The molecule has 2 aliphatic rings. The van der Waals surface area contributed by atoms with E-state index in [1.807, 2.05) is 18.2 Å². The summed E-state index contributed by atoms with van der Waals surface area (Å²) in [6.07, 6.45) is 1.83. The molecule has 3 rings (SSSR count). The lowest BCUT2D eigenvalue weighted by atomic mass is 9.84. The molecule has 2 heterocycles. The summed E-state index contributed by atoms with van der Waals surface area (Å²) in [5, 5.41) is 0. The van der Waals surface area contributed by atoms with E-state index in [1.54, 1.807) is 0 Å². The van der Waals surface area contributed by atoms with Gasteiger partial charge in [0.2, 0.25) is 0 Å². The van der Waals surface area contributed by atoms with Crippen LogP contribution in [0, 0.1) is 5.41 Å². The molecule has 2 aliphatic heterocycles. The van der Waals surface area contributed by atoms with E-state index in [0.717, 1.165) is 39.3 Å². The highest BCUT2D eigenvalue weighted by Crippen LogP contribution is 2.32. The summed E-state index contributed by atoms with van der Waals surface area (Å²) in [6, 6.07) is 10.3. The highest BCUT2D eigenvalue weighted by atomic mass is 16.7. The average Bonchev–Trinajstić information content (AvgIpc) is 2.51. The fourth-order valence-electron chi connectivity index (χ4n) is 2.75.